The van der Waals surface area contributed by atoms with Crippen LogP contribution in [0.4, 0.5) is 8.78 Å². The molecule has 2 aromatic carbocycles. The minimum Gasteiger partial charge on any atom is -0.465 e. The highest BCUT2D eigenvalue weighted by Crippen LogP contribution is 2.31. The second-order valence-electron chi connectivity index (χ2n) is 7.89. The first-order valence-corrected chi connectivity index (χ1v) is 11.7. The quantitative estimate of drug-likeness (QED) is 0.188. The van der Waals surface area contributed by atoms with Crippen LogP contribution in [0.2, 0.25) is 5.02 Å². The third kappa shape index (κ3) is 5.88. The molecule has 2 aromatic heterocycles. The largest absolute Gasteiger partial charge is 0.465 e. The number of hydrogen-bond acceptors (Lipinski definition) is 8. The molecule has 1 atom stereocenters. The van der Waals surface area contributed by atoms with Gasteiger partial charge in [0, 0.05) is 30.6 Å². The van der Waals surface area contributed by atoms with Crippen LogP contribution in [-0.4, -0.2) is 61.6 Å². The molecule has 0 fully saturated rings. The van der Waals surface area contributed by atoms with Gasteiger partial charge in [0.25, 0.3) is 18.8 Å². The predicted molar refractivity (Wildman–Crippen MR) is 137 cm³/mol. The van der Waals surface area contributed by atoms with E-state index in [1.54, 1.807) is 48.8 Å². The Morgan fingerprint density at radius 1 is 1.18 bits per heavy atom. The van der Waals surface area contributed by atoms with Gasteiger partial charge >= 0.3 is 0 Å². The van der Waals surface area contributed by atoms with Crippen molar-refractivity contribution in [3.63, 3.8) is 0 Å². The van der Waals surface area contributed by atoms with E-state index in [2.05, 4.69) is 25.0 Å². The minimum absolute atomic E-state index is 0.0738. The SMILES string of the molecule is CN=C(N)N(C(=O)c1ccc(-c2ncccn2)cc1)[C@H](COC=O)c1ccc(Cl)c(-n2ncnc2C(F)F)c1. The molecule has 2 N–H and O–H groups in total. The van der Waals surface area contributed by atoms with Gasteiger partial charge < -0.3 is 10.5 Å². The van der Waals surface area contributed by atoms with E-state index < -0.39 is 24.2 Å². The first kappa shape index (κ1) is 27.3. The van der Waals surface area contributed by atoms with E-state index in [1.165, 1.54) is 19.2 Å². The monoisotopic (exact) mass is 554 g/mol. The van der Waals surface area contributed by atoms with Gasteiger partial charge in [-0.2, -0.15) is 5.10 Å². The van der Waals surface area contributed by atoms with E-state index >= 15 is 0 Å². The number of aliphatic imine (C=N–C) groups is 1. The van der Waals surface area contributed by atoms with Gasteiger partial charge in [0.05, 0.1) is 16.8 Å². The summed E-state index contributed by atoms with van der Waals surface area (Å²) < 4.78 is 32.9. The van der Waals surface area contributed by atoms with E-state index in [1.807, 2.05) is 0 Å². The normalized spacial score (nSPS) is 12.3. The summed E-state index contributed by atoms with van der Waals surface area (Å²) in [6, 6.07) is 11.6. The number of carbonyl (C=O) groups excluding carboxylic acids is 2. The number of halogens is 3. The number of alkyl halides is 2. The molecule has 2 heterocycles. The van der Waals surface area contributed by atoms with E-state index in [0.717, 1.165) is 15.9 Å². The third-order valence-corrected chi connectivity index (χ3v) is 5.96. The van der Waals surface area contributed by atoms with Crippen molar-refractivity contribution in [2.24, 2.45) is 10.7 Å². The van der Waals surface area contributed by atoms with Crippen molar-refractivity contribution >= 4 is 29.9 Å². The average Bonchev–Trinajstić information content (AvgIpc) is 3.46. The van der Waals surface area contributed by atoms with Crippen LogP contribution in [0.3, 0.4) is 0 Å². The molecule has 200 valence electrons. The van der Waals surface area contributed by atoms with Gasteiger partial charge in [-0.25, -0.2) is 28.4 Å². The number of rotatable bonds is 9. The first-order valence-electron chi connectivity index (χ1n) is 11.3. The summed E-state index contributed by atoms with van der Waals surface area (Å²) >= 11 is 6.31. The Hall–Kier alpha value is -4.78. The fourth-order valence-electron chi connectivity index (χ4n) is 3.80. The van der Waals surface area contributed by atoms with Crippen LogP contribution in [0.1, 0.15) is 34.2 Å². The van der Waals surface area contributed by atoms with Crippen LogP contribution >= 0.6 is 11.6 Å². The standard InChI is InChI=1S/C25H21ClF2N8O3/c1-30-25(29)35(24(38)16-5-3-15(4-6-16)22-31-9-2-10-32-22)20(12-39-14-37)17-7-8-18(26)19(11-17)36-23(21(27)28)33-13-34-36/h2-11,13-14,20-21H,12H2,1H3,(H2,29,30)/t20-/m1/s1. The molecule has 14 heteroatoms. The van der Waals surface area contributed by atoms with Gasteiger partial charge in [0.2, 0.25) is 0 Å². The predicted octanol–water partition coefficient (Wildman–Crippen LogP) is 3.62. The van der Waals surface area contributed by atoms with E-state index in [-0.39, 0.29) is 35.3 Å². The van der Waals surface area contributed by atoms with Crippen molar-refractivity contribution < 1.29 is 23.1 Å². The maximum Gasteiger partial charge on any atom is 0.297 e. The molecule has 0 saturated heterocycles. The Balaban J connectivity index is 1.76. The van der Waals surface area contributed by atoms with E-state index in [9.17, 15) is 18.4 Å². The molecule has 0 saturated carbocycles. The van der Waals surface area contributed by atoms with Gasteiger partial charge in [-0.15, -0.1) is 0 Å². The molecule has 4 aromatic rings. The minimum atomic E-state index is -2.92. The second-order valence-corrected chi connectivity index (χ2v) is 8.30. The summed E-state index contributed by atoms with van der Waals surface area (Å²) in [7, 11) is 1.39. The second kappa shape index (κ2) is 12.2. The number of guanidine groups is 1. The number of hydrogen-bond donors (Lipinski definition) is 1. The Labute approximate surface area is 225 Å². The highest BCUT2D eigenvalue weighted by molar-refractivity contribution is 6.32. The number of nitrogens with zero attached hydrogens (tertiary/aromatic N) is 7. The van der Waals surface area contributed by atoms with Crippen molar-refractivity contribution in [3.05, 3.63) is 89.2 Å². The van der Waals surface area contributed by atoms with Crippen molar-refractivity contribution in [3.8, 4) is 17.1 Å². The lowest BCUT2D eigenvalue weighted by Crippen LogP contribution is -2.46. The Bertz CT molecular complexity index is 1480. The van der Waals surface area contributed by atoms with Gasteiger partial charge in [0.15, 0.2) is 17.6 Å². The molecule has 0 aliphatic rings. The van der Waals surface area contributed by atoms with Gasteiger partial charge in [-0.05, 0) is 35.9 Å². The number of benzene rings is 2. The molecule has 4 rings (SSSR count). The van der Waals surface area contributed by atoms with Gasteiger partial charge in [-0.3, -0.25) is 19.5 Å². The molecule has 0 radical (unpaired) electrons. The lowest BCUT2D eigenvalue weighted by molar-refractivity contribution is -0.129. The van der Waals surface area contributed by atoms with Crippen molar-refractivity contribution in [1.82, 2.24) is 29.6 Å². The molecule has 0 bridgehead atoms. The van der Waals surface area contributed by atoms with Crippen LogP contribution in [0.25, 0.3) is 17.1 Å². The fraction of sp³-hybridized carbons (Fsp3) is 0.160. The Morgan fingerprint density at radius 2 is 1.90 bits per heavy atom. The molecule has 39 heavy (non-hydrogen) atoms. The average molecular weight is 555 g/mol. The molecule has 0 spiro atoms. The number of carbonyl (C=O) groups is 2. The van der Waals surface area contributed by atoms with Crippen LogP contribution in [0, 0.1) is 0 Å². The number of aromatic nitrogens is 5. The molecule has 0 aliphatic carbocycles. The van der Waals surface area contributed by atoms with Crippen LogP contribution in [0.5, 0.6) is 0 Å². The zero-order valence-corrected chi connectivity index (χ0v) is 21.1. The Kier molecular flexibility index (Phi) is 8.51. The van der Waals surface area contributed by atoms with Crippen molar-refractivity contribution in [2.75, 3.05) is 13.7 Å². The summed E-state index contributed by atoms with van der Waals surface area (Å²) in [4.78, 5) is 41.9. The maximum atomic E-state index is 13.7. The highest BCUT2D eigenvalue weighted by Gasteiger charge is 2.31. The van der Waals surface area contributed by atoms with Gasteiger partial charge in [-0.1, -0.05) is 29.8 Å². The summed E-state index contributed by atoms with van der Waals surface area (Å²) in [5.41, 5.74) is 7.49. The zero-order chi connectivity index (χ0) is 27.9. The number of ether oxygens (including phenoxy) is 1. The molecule has 0 aliphatic heterocycles. The van der Waals surface area contributed by atoms with E-state index in [4.69, 9.17) is 22.1 Å². The summed E-state index contributed by atoms with van der Waals surface area (Å²) in [6.45, 7) is -0.117. The third-order valence-electron chi connectivity index (χ3n) is 5.64. The van der Waals surface area contributed by atoms with Gasteiger partial charge in [0.1, 0.15) is 12.9 Å². The van der Waals surface area contributed by atoms with Crippen LogP contribution < -0.4 is 5.73 Å². The Morgan fingerprint density at radius 3 is 2.54 bits per heavy atom. The maximum absolute atomic E-state index is 13.7. The van der Waals surface area contributed by atoms with Crippen molar-refractivity contribution in [2.45, 2.75) is 12.5 Å². The summed E-state index contributed by atoms with van der Waals surface area (Å²) in [6.07, 6.45) is 1.25. The molecule has 1 amide bonds. The zero-order valence-electron chi connectivity index (χ0n) is 20.4. The topological polar surface area (TPSA) is 141 Å². The summed E-state index contributed by atoms with van der Waals surface area (Å²) in [5.74, 6) is -0.894. The molecular formula is C25H21ClF2N8O3. The fourth-order valence-corrected chi connectivity index (χ4v) is 3.99. The van der Waals surface area contributed by atoms with Crippen molar-refractivity contribution in [1.29, 1.82) is 0 Å². The number of nitrogens with two attached hydrogens (primary N) is 1. The lowest BCUT2D eigenvalue weighted by atomic mass is 10.0. The van der Waals surface area contributed by atoms with Crippen LogP contribution in [-0.2, 0) is 9.53 Å². The number of amides is 1. The summed E-state index contributed by atoms with van der Waals surface area (Å²) in [5, 5.41) is 3.95. The molecule has 11 nitrogen and oxygen atoms in total. The first-order chi connectivity index (χ1) is 18.8. The molecule has 0 unspecified atom stereocenters. The molecular weight excluding hydrogens is 534 g/mol. The van der Waals surface area contributed by atoms with Crippen LogP contribution in [0.15, 0.2) is 72.2 Å². The van der Waals surface area contributed by atoms with E-state index in [0.29, 0.717) is 17.0 Å². The smallest absolute Gasteiger partial charge is 0.297 e. The lowest BCUT2D eigenvalue weighted by Gasteiger charge is -2.31. The highest BCUT2D eigenvalue weighted by atomic mass is 35.5.